The Balaban J connectivity index is 2.32. The molecule has 6 nitrogen and oxygen atoms in total. The number of carbonyl (C=O) groups excluding carboxylic acids is 1. The number of benzene rings is 1. The van der Waals surface area contributed by atoms with Crippen LogP contribution >= 0.6 is 0 Å². The predicted octanol–water partition coefficient (Wildman–Crippen LogP) is 3.61. The summed E-state index contributed by atoms with van der Waals surface area (Å²) in [6.07, 6.45) is 5.40. The maximum Gasteiger partial charge on any atom is 0.343 e. The number of rotatable bonds is 4. The van der Waals surface area contributed by atoms with Gasteiger partial charge in [0.15, 0.2) is 0 Å². The number of hydrogen-bond donors (Lipinski definition) is 0. The molecular weight excluding hydrogens is 322 g/mol. The van der Waals surface area contributed by atoms with Crippen LogP contribution in [-0.2, 0) is 4.74 Å². The number of methoxy groups -OCH3 is 2. The molecule has 1 aliphatic rings. The van der Waals surface area contributed by atoms with Crippen molar-refractivity contribution in [2.24, 2.45) is 0 Å². The Morgan fingerprint density at radius 2 is 2.04 bits per heavy atom. The lowest BCUT2D eigenvalue weighted by molar-refractivity contribution is 0.0522. The van der Waals surface area contributed by atoms with E-state index in [1.54, 1.807) is 20.1 Å². The second-order valence-corrected chi connectivity index (χ2v) is 6.18. The van der Waals surface area contributed by atoms with Crippen LogP contribution in [0.4, 0.5) is 0 Å². The van der Waals surface area contributed by atoms with Gasteiger partial charge in [-0.15, -0.1) is 0 Å². The van der Waals surface area contributed by atoms with Crippen LogP contribution in [0.2, 0.25) is 0 Å². The molecule has 0 aliphatic carbocycles. The van der Waals surface area contributed by atoms with Gasteiger partial charge in [0.2, 0.25) is 0 Å². The fourth-order valence-electron chi connectivity index (χ4n) is 2.89. The highest BCUT2D eigenvalue weighted by Crippen LogP contribution is 2.44. The number of esters is 1. The third-order valence-corrected chi connectivity index (χ3v) is 4.00. The number of pyridine rings is 1. The number of carbonyl (C=O) groups is 1. The molecule has 3 rings (SSSR count). The van der Waals surface area contributed by atoms with Crippen LogP contribution in [0, 0.1) is 0 Å². The van der Waals surface area contributed by atoms with Crippen LogP contribution in [0.3, 0.4) is 0 Å². The van der Waals surface area contributed by atoms with Gasteiger partial charge in [0.05, 0.1) is 31.7 Å². The largest absolute Gasteiger partial charge is 0.496 e. The van der Waals surface area contributed by atoms with Crippen molar-refractivity contribution in [1.29, 1.82) is 0 Å². The Kier molecular flexibility index (Phi) is 4.29. The molecule has 0 saturated heterocycles. The normalized spacial score (nSPS) is 14.6. The van der Waals surface area contributed by atoms with Crippen LogP contribution in [0.5, 0.6) is 17.2 Å². The average Bonchev–Trinajstić information content (AvgIpc) is 2.58. The fraction of sp³-hybridized carbons (Fsp3) is 0.368. The standard InChI is InChI=1S/C19H21NO5/c1-6-24-18(21)12-10-20-16-11-7-8-19(2,3)25-13(11)9-14(22-4)15(16)17(12)23-5/h7-10H,6H2,1-5H3. The van der Waals surface area contributed by atoms with Crippen molar-refractivity contribution in [3.05, 3.63) is 29.5 Å². The highest BCUT2D eigenvalue weighted by atomic mass is 16.5. The number of ether oxygens (including phenoxy) is 4. The minimum Gasteiger partial charge on any atom is -0.496 e. The number of hydrogen-bond acceptors (Lipinski definition) is 6. The van der Waals surface area contributed by atoms with Crippen molar-refractivity contribution in [2.45, 2.75) is 26.4 Å². The van der Waals surface area contributed by atoms with Crippen molar-refractivity contribution in [3.8, 4) is 17.2 Å². The monoisotopic (exact) mass is 343 g/mol. The van der Waals surface area contributed by atoms with Crippen molar-refractivity contribution >= 4 is 22.9 Å². The summed E-state index contributed by atoms with van der Waals surface area (Å²) < 4.78 is 22.2. The summed E-state index contributed by atoms with van der Waals surface area (Å²) in [6, 6.07) is 1.79. The van der Waals surface area contributed by atoms with Crippen LogP contribution in [0.1, 0.15) is 36.7 Å². The minimum atomic E-state index is -0.485. The summed E-state index contributed by atoms with van der Waals surface area (Å²) in [5.74, 6) is 1.09. The molecule has 0 bridgehead atoms. The Bertz CT molecular complexity index is 870. The SMILES string of the molecule is CCOC(=O)c1cnc2c3c(cc(OC)c2c1OC)OC(C)(C)C=C3. The van der Waals surface area contributed by atoms with Crippen molar-refractivity contribution in [2.75, 3.05) is 20.8 Å². The number of aromatic nitrogens is 1. The molecule has 0 radical (unpaired) electrons. The lowest BCUT2D eigenvalue weighted by Crippen LogP contribution is -2.27. The number of nitrogens with zero attached hydrogens (tertiary/aromatic N) is 1. The zero-order valence-corrected chi connectivity index (χ0v) is 15.0. The second-order valence-electron chi connectivity index (χ2n) is 6.18. The first-order chi connectivity index (χ1) is 11.9. The van der Waals surface area contributed by atoms with Gasteiger partial charge in [-0.25, -0.2) is 4.79 Å². The summed E-state index contributed by atoms with van der Waals surface area (Å²) in [4.78, 5) is 16.7. The number of fused-ring (bicyclic) bond motifs is 3. The zero-order chi connectivity index (χ0) is 18.2. The first kappa shape index (κ1) is 17.1. The molecular formula is C19H21NO5. The highest BCUT2D eigenvalue weighted by molar-refractivity contribution is 6.05. The smallest absolute Gasteiger partial charge is 0.343 e. The quantitative estimate of drug-likeness (QED) is 0.790. The second kappa shape index (κ2) is 6.27. The van der Waals surface area contributed by atoms with Gasteiger partial charge in [-0.2, -0.15) is 0 Å². The van der Waals surface area contributed by atoms with Crippen molar-refractivity contribution in [3.63, 3.8) is 0 Å². The highest BCUT2D eigenvalue weighted by Gasteiger charge is 2.28. The molecule has 0 unspecified atom stereocenters. The van der Waals surface area contributed by atoms with Crippen LogP contribution in [-0.4, -0.2) is 37.4 Å². The molecule has 0 amide bonds. The van der Waals surface area contributed by atoms with Gasteiger partial charge in [0.1, 0.15) is 28.4 Å². The van der Waals surface area contributed by atoms with E-state index in [-0.39, 0.29) is 12.2 Å². The summed E-state index contributed by atoms with van der Waals surface area (Å²) in [5, 5.41) is 0.613. The van der Waals surface area contributed by atoms with E-state index in [1.807, 2.05) is 26.0 Å². The van der Waals surface area contributed by atoms with Gasteiger partial charge in [-0.1, -0.05) is 0 Å². The Hall–Kier alpha value is -2.76. The maximum absolute atomic E-state index is 12.2. The first-order valence-corrected chi connectivity index (χ1v) is 8.05. The lowest BCUT2D eigenvalue weighted by Gasteiger charge is -2.29. The van der Waals surface area contributed by atoms with Gasteiger partial charge < -0.3 is 18.9 Å². The van der Waals surface area contributed by atoms with Crippen molar-refractivity contribution < 1.29 is 23.7 Å². The molecule has 132 valence electrons. The molecule has 0 spiro atoms. The summed E-state index contributed by atoms with van der Waals surface area (Å²) in [5.41, 5.74) is 1.31. The molecule has 0 fully saturated rings. The molecule has 2 aromatic rings. The summed E-state index contributed by atoms with van der Waals surface area (Å²) in [7, 11) is 3.06. The van der Waals surface area contributed by atoms with E-state index in [0.717, 1.165) is 5.56 Å². The Morgan fingerprint density at radius 3 is 2.68 bits per heavy atom. The molecule has 1 aromatic heterocycles. The molecule has 2 heterocycles. The fourth-order valence-corrected chi connectivity index (χ4v) is 2.89. The molecule has 6 heteroatoms. The zero-order valence-electron chi connectivity index (χ0n) is 15.0. The molecule has 25 heavy (non-hydrogen) atoms. The van der Waals surface area contributed by atoms with E-state index in [1.165, 1.54) is 13.3 Å². The van der Waals surface area contributed by atoms with Crippen LogP contribution in [0.15, 0.2) is 18.3 Å². The predicted molar refractivity (Wildman–Crippen MR) is 94.5 cm³/mol. The molecule has 0 saturated carbocycles. The van der Waals surface area contributed by atoms with Gasteiger partial charge in [-0.3, -0.25) is 4.98 Å². The van der Waals surface area contributed by atoms with Gasteiger partial charge in [-0.05, 0) is 32.9 Å². The van der Waals surface area contributed by atoms with Gasteiger partial charge >= 0.3 is 5.97 Å². The summed E-state index contributed by atoms with van der Waals surface area (Å²) >= 11 is 0. The van der Waals surface area contributed by atoms with Gasteiger partial charge in [0.25, 0.3) is 0 Å². The van der Waals surface area contributed by atoms with E-state index >= 15 is 0 Å². The minimum absolute atomic E-state index is 0.260. The third kappa shape index (κ3) is 2.88. The molecule has 1 aliphatic heterocycles. The maximum atomic E-state index is 12.2. The summed E-state index contributed by atoms with van der Waals surface area (Å²) in [6.45, 7) is 5.97. The molecule has 0 atom stereocenters. The topological polar surface area (TPSA) is 66.9 Å². The average molecular weight is 343 g/mol. The van der Waals surface area contributed by atoms with Crippen LogP contribution < -0.4 is 14.2 Å². The third-order valence-electron chi connectivity index (χ3n) is 4.00. The molecule has 0 N–H and O–H groups in total. The lowest BCUT2D eigenvalue weighted by atomic mass is 9.98. The van der Waals surface area contributed by atoms with E-state index in [2.05, 4.69) is 4.98 Å². The Morgan fingerprint density at radius 1 is 1.28 bits per heavy atom. The van der Waals surface area contributed by atoms with E-state index in [4.69, 9.17) is 18.9 Å². The van der Waals surface area contributed by atoms with Crippen LogP contribution in [0.25, 0.3) is 17.0 Å². The Labute approximate surface area is 146 Å². The van der Waals surface area contributed by atoms with E-state index in [0.29, 0.717) is 28.2 Å². The van der Waals surface area contributed by atoms with E-state index in [9.17, 15) is 4.79 Å². The first-order valence-electron chi connectivity index (χ1n) is 8.05. The van der Waals surface area contributed by atoms with Crippen molar-refractivity contribution in [1.82, 2.24) is 4.98 Å². The van der Waals surface area contributed by atoms with Gasteiger partial charge in [0, 0.05) is 17.8 Å². The molecule has 1 aromatic carbocycles. The van der Waals surface area contributed by atoms with E-state index < -0.39 is 11.6 Å².